The molecule has 0 radical (unpaired) electrons. The van der Waals surface area contributed by atoms with E-state index in [9.17, 15) is 72.5 Å². The quantitative estimate of drug-likeness (QED) is 0.0279. The number of imidazole rings is 1. The summed E-state index contributed by atoms with van der Waals surface area (Å²) in [7, 11) is 3.50. The van der Waals surface area contributed by atoms with E-state index in [1.54, 1.807) is 114 Å². The second-order valence-electron chi connectivity index (χ2n) is 28.1. The Kier molecular flexibility index (Phi) is 35.5. The summed E-state index contributed by atoms with van der Waals surface area (Å²) < 4.78 is 1.75. The molecule has 1 aliphatic rings. The first-order valence-corrected chi connectivity index (χ1v) is 39.8. The van der Waals surface area contributed by atoms with Gasteiger partial charge in [-0.1, -0.05) is 112 Å². The van der Waals surface area contributed by atoms with Crippen molar-refractivity contribution in [1.29, 1.82) is 0 Å². The van der Waals surface area contributed by atoms with Crippen LogP contribution in [0.3, 0.4) is 0 Å². The molecule has 0 unspecified atom stereocenters. The van der Waals surface area contributed by atoms with Crippen molar-refractivity contribution in [3.8, 4) is 0 Å². The number of carboxylic acid groups (broad SMARTS) is 1. The molecule has 2 aromatic carbocycles. The third-order valence-corrected chi connectivity index (χ3v) is 21.1. The van der Waals surface area contributed by atoms with E-state index in [4.69, 9.17) is 5.73 Å². The lowest BCUT2D eigenvalue weighted by Gasteiger charge is -2.29. The van der Waals surface area contributed by atoms with E-state index in [1.165, 1.54) is 33.3 Å². The van der Waals surface area contributed by atoms with Crippen LogP contribution in [0.4, 0.5) is 0 Å². The first-order valence-electron chi connectivity index (χ1n) is 37.3. The second kappa shape index (κ2) is 44.2. The van der Waals surface area contributed by atoms with Crippen LogP contribution >= 0.6 is 21.6 Å². The molecule has 0 spiro atoms. The first kappa shape index (κ1) is 90.8. The van der Waals surface area contributed by atoms with E-state index in [0.717, 1.165) is 21.6 Å². The summed E-state index contributed by atoms with van der Waals surface area (Å²) in [6, 6.07) is -5.25. The predicted octanol–water partition coefficient (Wildman–Crippen LogP) is -2.07. The van der Waals surface area contributed by atoms with Gasteiger partial charge in [0.25, 0.3) is 0 Å². The zero-order valence-corrected chi connectivity index (χ0v) is 66.3. The molecular formula is C74H105N19O18S2. The number of nitrogens with one attached hydrogen (secondary N) is 16. The normalized spacial score (nSPS) is 22.7. The van der Waals surface area contributed by atoms with E-state index in [-0.39, 0.29) is 43.7 Å². The number of aromatic nitrogens is 4. The topological polar surface area (TPSA) is 557 Å². The van der Waals surface area contributed by atoms with Crippen LogP contribution in [0.5, 0.6) is 0 Å². The largest absolute Gasteiger partial charge is 0.481 e. The molecule has 0 bridgehead atoms. The lowest BCUT2D eigenvalue weighted by atomic mass is 9.97. The first-order chi connectivity index (χ1) is 53.6. The fraction of sp³-hybridized carbons (Fsp3) is 0.527. The number of benzene rings is 2. The zero-order chi connectivity index (χ0) is 83.3. The van der Waals surface area contributed by atoms with Crippen LogP contribution in [0, 0.1) is 11.8 Å². The minimum atomic E-state index is -2.04. The number of aryl methyl sites for hydroxylation is 1. The number of unbranched alkanes of at least 4 members (excludes halogenated alkanes) is 1. The van der Waals surface area contributed by atoms with Gasteiger partial charge in [0.15, 0.2) is 0 Å². The van der Waals surface area contributed by atoms with Crippen LogP contribution < -0.4 is 80.2 Å². The lowest BCUT2D eigenvalue weighted by Crippen LogP contribution is -2.61. The summed E-state index contributed by atoms with van der Waals surface area (Å²) in [5.41, 5.74) is 8.17. The number of fused-ring (bicyclic) bond motifs is 2. The fourth-order valence-electron chi connectivity index (χ4n) is 12.3. The summed E-state index contributed by atoms with van der Waals surface area (Å²) in [6.45, 7) is 12.9. The average Bonchev–Trinajstić information content (AvgIpc) is 1.65. The molecule has 20 N–H and O–H groups in total. The van der Waals surface area contributed by atoms with Gasteiger partial charge in [-0.2, -0.15) is 0 Å². The van der Waals surface area contributed by atoms with Crippen LogP contribution in [-0.2, 0) is 103 Å². The average molecular weight is 1610 g/mol. The van der Waals surface area contributed by atoms with Crippen molar-refractivity contribution in [1.82, 2.24) is 94.0 Å². The Labute approximate surface area is 660 Å². The molecule has 1 saturated heterocycles. The highest BCUT2D eigenvalue weighted by atomic mass is 33.1. The van der Waals surface area contributed by atoms with Crippen molar-refractivity contribution in [2.45, 2.75) is 205 Å². The Morgan fingerprint density at radius 2 is 1.22 bits per heavy atom. The Morgan fingerprint density at radius 1 is 0.637 bits per heavy atom. The number of hydrogen-bond donors (Lipinski definition) is 19. The van der Waals surface area contributed by atoms with E-state index in [1.807, 2.05) is 0 Å². The highest BCUT2D eigenvalue weighted by molar-refractivity contribution is 8.76. The second-order valence-corrected chi connectivity index (χ2v) is 30.6. The van der Waals surface area contributed by atoms with E-state index >= 15 is 14.4 Å². The predicted molar refractivity (Wildman–Crippen MR) is 418 cm³/mol. The molecular weight excluding hydrogens is 1510 g/mol. The number of H-pyrrole nitrogens is 2. The molecule has 0 saturated carbocycles. The Morgan fingerprint density at radius 3 is 1.85 bits per heavy atom. The maximum absolute atomic E-state index is 15.2. The van der Waals surface area contributed by atoms with E-state index in [2.05, 4.69) is 89.4 Å². The maximum atomic E-state index is 15.2. The zero-order valence-electron chi connectivity index (χ0n) is 64.7. The summed E-state index contributed by atoms with van der Waals surface area (Å²) in [6.07, 6.45) is 2.33. The van der Waals surface area contributed by atoms with E-state index < -0.39 is 211 Å². The molecule has 39 heteroatoms. The molecule has 14 atom stereocenters. The minimum Gasteiger partial charge on any atom is -0.481 e. The van der Waals surface area contributed by atoms with Gasteiger partial charge in [0.05, 0.1) is 25.4 Å². The monoisotopic (exact) mass is 1610 g/mol. The maximum Gasteiger partial charge on any atom is 0.305 e. The number of nitrogens with two attached hydrogens (primary N) is 1. The lowest BCUT2D eigenvalue weighted by molar-refractivity contribution is -0.141. The van der Waals surface area contributed by atoms with Crippen LogP contribution in [0.15, 0.2) is 73.4 Å². The van der Waals surface area contributed by atoms with Crippen molar-refractivity contribution in [2.24, 2.45) is 24.6 Å². The molecule has 0 aliphatic carbocycles. The fourth-order valence-corrected chi connectivity index (χ4v) is 14.6. The molecule has 1 aliphatic heterocycles. The number of aliphatic carboxylic acids is 1. The number of rotatable bonds is 25. The summed E-state index contributed by atoms with van der Waals surface area (Å²) >= 11 is 0. The number of carboxylic acids is 1. The number of primary amides is 1. The van der Waals surface area contributed by atoms with Crippen molar-refractivity contribution in [3.05, 3.63) is 90.3 Å². The molecule has 6 rings (SSSR count). The number of aliphatic hydroxyl groups excluding tert-OH is 1. The van der Waals surface area contributed by atoms with Gasteiger partial charge in [-0.15, -0.1) is 0 Å². The van der Waals surface area contributed by atoms with Gasteiger partial charge < -0.3 is 105 Å². The number of aliphatic hydroxyl groups is 1. The van der Waals surface area contributed by atoms with Crippen LogP contribution in [0.1, 0.15) is 124 Å². The molecule has 616 valence electrons. The number of amides is 15. The highest BCUT2D eigenvalue weighted by Crippen LogP contribution is 2.26. The van der Waals surface area contributed by atoms with Gasteiger partial charge in [-0.05, 0) is 68.7 Å². The Hall–Kier alpha value is -11.1. The van der Waals surface area contributed by atoms with Crippen molar-refractivity contribution in [3.63, 3.8) is 0 Å². The number of carbonyl (C=O) groups is 16. The summed E-state index contributed by atoms with van der Waals surface area (Å²) in [5, 5.41) is 58.2. The van der Waals surface area contributed by atoms with Gasteiger partial charge in [-0.25, -0.2) is 4.98 Å². The molecule has 1 fully saturated rings. The Balaban J connectivity index is 1.48. The number of para-hydroxylation sites is 2. The van der Waals surface area contributed by atoms with Gasteiger partial charge in [0.2, 0.25) is 88.6 Å². The van der Waals surface area contributed by atoms with Crippen molar-refractivity contribution >= 4 is 138 Å². The third-order valence-electron chi connectivity index (χ3n) is 18.7. The smallest absolute Gasteiger partial charge is 0.305 e. The number of nitrogens with zero attached hydrogens (tertiary/aromatic N) is 2. The number of carbonyl (C=O) groups excluding carboxylic acids is 15. The Bertz CT molecular complexity index is 4210. The highest BCUT2D eigenvalue weighted by Gasteiger charge is 2.39. The summed E-state index contributed by atoms with van der Waals surface area (Å²) in [5.74, 6) is -18.2. The SMILES string of the molecule is CCCC[C@@H]1NC(=O)[C@H](Cc2cnc[nH]2)NC(=O)[C@H](C)NC(=O)CNC(=O)[C@H](Cc2c[nH]c3ccccc23)NC(=O)[C@H](CC(=O)O)NC(=O)[C@H](CCC(N)=O)NC(=O)[C@H](Cc2cn(C)c3ccccc23)NC(=O)[C@H](C(C)C)NC(=O)[C@@H](NC(=O)[C@@H](NC(C)=O)[C@@H](C)CC)CSSC[C@@H](C(=O)N[C@H](C(=O)NCC)[C@@H](C)O)NC1=O. The van der Waals surface area contributed by atoms with Crippen molar-refractivity contribution in [2.75, 3.05) is 24.6 Å². The van der Waals surface area contributed by atoms with Crippen molar-refractivity contribution < 1.29 is 86.9 Å². The molecule has 15 amide bonds. The van der Waals surface area contributed by atoms with Gasteiger partial charge in [0.1, 0.15) is 72.5 Å². The molecule has 3 aromatic heterocycles. The standard InChI is InChI=1S/C74H105N19O18S2/c1-11-14-21-48-65(102)89-54(71(108)92-62(40(8)94)72(109)77-13-3)34-112-113-35-55(90-74(111)61(38(6)12-2)82-41(9)95)70(107)91-60(37(4)5)73(110)88-51(27-43-33-93(10)56-23-18-16-20-46(43)56)67(104)84-49(24-25-57(75)96)66(103)87-53(29-59(98)99)69(106)86-50(26-42-30-78-47-22-17-15-19-45(42)47)64(101)79-32-58(97)81-39(7)63(100)85-52(68(105)83-48)28-44-31-76-36-80-44/h15-20,22-23,30-31,33,36-40,48-55,60-62,78,94H,11-14,21,24-29,32,34-35H2,1-10H3,(H2,75,96)(H,76,80)(H,77,109)(H,79,101)(H,81,97)(H,82,95)(H,83,105)(H,84,104)(H,85,100)(H,86,106)(H,87,103)(H,88,110)(H,89,102)(H,90,111)(H,91,107)(H,92,108)(H,98,99)/t38-,39-,40+,48-,49-,50-,51-,52-,53-,54-,55-,60-,61-,62-/m0/s1. The number of likely N-dealkylation sites (N-methyl/N-ethyl adjacent to an activating group) is 1. The van der Waals surface area contributed by atoms with Crippen LogP contribution in [0.2, 0.25) is 0 Å². The van der Waals surface area contributed by atoms with Gasteiger partial charge >= 0.3 is 5.97 Å². The number of aromatic amines is 2. The van der Waals surface area contributed by atoms with Crippen LogP contribution in [-0.4, -0.2) is 228 Å². The van der Waals surface area contributed by atoms with E-state index in [0.29, 0.717) is 57.9 Å². The third kappa shape index (κ3) is 27.7. The molecule has 5 aromatic rings. The molecule has 113 heavy (non-hydrogen) atoms. The molecule has 37 nitrogen and oxygen atoms in total. The molecule has 4 heterocycles. The summed E-state index contributed by atoms with van der Waals surface area (Å²) in [4.78, 5) is 237. The minimum absolute atomic E-state index is 0.0485. The number of hydrogen-bond acceptors (Lipinski definition) is 20. The van der Waals surface area contributed by atoms with Gasteiger partial charge in [-0.3, -0.25) is 76.7 Å². The van der Waals surface area contributed by atoms with Crippen LogP contribution in [0.25, 0.3) is 21.8 Å². The van der Waals surface area contributed by atoms with Gasteiger partial charge in [0, 0.05) is 104 Å².